The maximum atomic E-state index is 13.6. The second-order valence-electron chi connectivity index (χ2n) is 10.1. The average Bonchev–Trinajstić information content (AvgIpc) is 2.79. The maximum Gasteiger partial charge on any atom is 0.228 e. The van der Waals surface area contributed by atoms with Crippen molar-refractivity contribution in [3.63, 3.8) is 0 Å². The Labute approximate surface area is 183 Å². The minimum atomic E-state index is -0.0308. The SMILES string of the molecule is O=C(N1CCN(c2ccc(Nc3ccncc3)nn2)CC1)C12CC3CC(CC(C3)C1)C2. The van der Waals surface area contributed by atoms with Gasteiger partial charge in [-0.25, -0.2) is 0 Å². The fourth-order valence-corrected chi connectivity index (χ4v) is 6.99. The van der Waals surface area contributed by atoms with Gasteiger partial charge in [0.05, 0.1) is 5.41 Å². The molecule has 31 heavy (non-hydrogen) atoms. The van der Waals surface area contributed by atoms with Gasteiger partial charge in [0.25, 0.3) is 0 Å². The minimum Gasteiger partial charge on any atom is -0.352 e. The van der Waals surface area contributed by atoms with Crippen LogP contribution < -0.4 is 10.2 Å². The van der Waals surface area contributed by atoms with Gasteiger partial charge >= 0.3 is 0 Å². The normalized spacial score (nSPS) is 31.7. The van der Waals surface area contributed by atoms with Gasteiger partial charge in [-0.05, 0) is 80.5 Å². The lowest BCUT2D eigenvalue weighted by atomic mass is 9.49. The molecule has 162 valence electrons. The van der Waals surface area contributed by atoms with E-state index in [-0.39, 0.29) is 5.41 Å². The number of piperazine rings is 1. The van der Waals surface area contributed by atoms with E-state index in [1.54, 1.807) is 12.4 Å². The summed E-state index contributed by atoms with van der Waals surface area (Å²) in [5.74, 6) is 4.48. The molecule has 5 aliphatic rings. The number of carbonyl (C=O) groups is 1. The number of pyridine rings is 1. The standard InChI is InChI=1S/C24H30N6O/c31-23(24-14-17-11-18(15-24)13-19(12-17)16-24)30-9-7-29(8-10-30)22-2-1-21(27-28-22)26-20-3-5-25-6-4-20/h1-6,17-19H,7-16H2,(H,25,26,27). The summed E-state index contributed by atoms with van der Waals surface area (Å²) in [5.41, 5.74) is 0.908. The second kappa shape index (κ2) is 7.46. The first-order valence-corrected chi connectivity index (χ1v) is 11.7. The summed E-state index contributed by atoms with van der Waals surface area (Å²) in [7, 11) is 0. The molecule has 1 amide bonds. The van der Waals surface area contributed by atoms with E-state index in [1.807, 2.05) is 24.3 Å². The smallest absolute Gasteiger partial charge is 0.228 e. The Bertz CT molecular complexity index is 903. The summed E-state index contributed by atoms with van der Waals surface area (Å²) in [6.45, 7) is 3.23. The van der Waals surface area contributed by atoms with Crippen molar-refractivity contribution in [2.24, 2.45) is 23.2 Å². The number of amides is 1. The van der Waals surface area contributed by atoms with E-state index < -0.39 is 0 Å². The maximum absolute atomic E-state index is 13.6. The van der Waals surface area contributed by atoms with Gasteiger partial charge in [-0.2, -0.15) is 0 Å². The van der Waals surface area contributed by atoms with Crippen LogP contribution in [0.2, 0.25) is 0 Å². The third kappa shape index (κ3) is 3.54. The molecule has 0 radical (unpaired) electrons. The van der Waals surface area contributed by atoms with Gasteiger partial charge in [0.15, 0.2) is 11.6 Å². The van der Waals surface area contributed by atoms with Gasteiger partial charge in [0.1, 0.15) is 0 Å². The van der Waals surface area contributed by atoms with Crippen LogP contribution in [0, 0.1) is 23.2 Å². The summed E-state index contributed by atoms with van der Waals surface area (Å²) in [6, 6.07) is 7.76. The topological polar surface area (TPSA) is 74.2 Å². The number of rotatable bonds is 4. The molecular weight excluding hydrogens is 388 g/mol. The zero-order chi connectivity index (χ0) is 20.8. The molecule has 1 aliphatic heterocycles. The second-order valence-corrected chi connectivity index (χ2v) is 10.1. The fraction of sp³-hybridized carbons (Fsp3) is 0.583. The first kappa shape index (κ1) is 19.0. The van der Waals surface area contributed by atoms with Crippen LogP contribution in [0.5, 0.6) is 0 Å². The van der Waals surface area contributed by atoms with Crippen molar-refractivity contribution >= 4 is 23.2 Å². The Morgan fingerprint density at radius 1 is 0.871 bits per heavy atom. The van der Waals surface area contributed by atoms with Crippen LogP contribution in [0.15, 0.2) is 36.7 Å². The third-order valence-corrected chi connectivity index (χ3v) is 7.99. The van der Waals surface area contributed by atoms with Crippen molar-refractivity contribution in [2.45, 2.75) is 38.5 Å². The number of hydrogen-bond donors (Lipinski definition) is 1. The molecule has 7 rings (SSSR count). The summed E-state index contributed by atoms with van der Waals surface area (Å²) in [4.78, 5) is 22.0. The molecule has 0 atom stereocenters. The Hall–Kier alpha value is -2.70. The first-order valence-electron chi connectivity index (χ1n) is 11.7. The third-order valence-electron chi connectivity index (χ3n) is 7.99. The largest absolute Gasteiger partial charge is 0.352 e. The first-order chi connectivity index (χ1) is 15.2. The van der Waals surface area contributed by atoms with Crippen molar-refractivity contribution in [3.8, 4) is 0 Å². The van der Waals surface area contributed by atoms with E-state index in [0.29, 0.717) is 11.7 Å². The number of anilines is 3. The van der Waals surface area contributed by atoms with E-state index in [9.17, 15) is 4.79 Å². The highest BCUT2D eigenvalue weighted by atomic mass is 16.2. The average molecular weight is 419 g/mol. The van der Waals surface area contributed by atoms with Crippen molar-refractivity contribution in [1.82, 2.24) is 20.1 Å². The molecular formula is C24H30N6O. The van der Waals surface area contributed by atoms with Gasteiger partial charge in [-0.3, -0.25) is 9.78 Å². The molecule has 1 N–H and O–H groups in total. The molecule has 4 aliphatic carbocycles. The van der Waals surface area contributed by atoms with Crippen LogP contribution >= 0.6 is 0 Å². The molecule has 5 fully saturated rings. The molecule has 7 heteroatoms. The number of aromatic nitrogens is 3. The van der Waals surface area contributed by atoms with Crippen LogP contribution in [0.1, 0.15) is 38.5 Å². The number of carbonyl (C=O) groups excluding carboxylic acids is 1. The van der Waals surface area contributed by atoms with Crippen LogP contribution in [0.4, 0.5) is 17.3 Å². The molecule has 2 aromatic rings. The van der Waals surface area contributed by atoms with Gasteiger partial charge in [0.2, 0.25) is 5.91 Å². The van der Waals surface area contributed by atoms with Crippen molar-refractivity contribution < 1.29 is 4.79 Å². The van der Waals surface area contributed by atoms with Gasteiger partial charge in [-0.1, -0.05) is 0 Å². The minimum absolute atomic E-state index is 0.0308. The monoisotopic (exact) mass is 418 g/mol. The Morgan fingerprint density at radius 3 is 2.10 bits per heavy atom. The number of hydrogen-bond acceptors (Lipinski definition) is 6. The predicted molar refractivity (Wildman–Crippen MR) is 119 cm³/mol. The van der Waals surface area contributed by atoms with Crippen LogP contribution in [0.3, 0.4) is 0 Å². The van der Waals surface area contributed by atoms with E-state index >= 15 is 0 Å². The zero-order valence-corrected chi connectivity index (χ0v) is 17.9. The Morgan fingerprint density at radius 2 is 1.52 bits per heavy atom. The highest BCUT2D eigenvalue weighted by Gasteiger charge is 2.55. The van der Waals surface area contributed by atoms with E-state index in [4.69, 9.17) is 0 Å². The number of nitrogens with zero attached hydrogens (tertiary/aromatic N) is 5. The molecule has 0 spiro atoms. The molecule has 0 aromatic carbocycles. The molecule has 7 nitrogen and oxygen atoms in total. The lowest BCUT2D eigenvalue weighted by Crippen LogP contribution is -2.58. The number of nitrogens with one attached hydrogen (secondary N) is 1. The quantitative estimate of drug-likeness (QED) is 0.819. The van der Waals surface area contributed by atoms with E-state index in [0.717, 1.165) is 74.7 Å². The van der Waals surface area contributed by atoms with Crippen LogP contribution in [-0.2, 0) is 4.79 Å². The van der Waals surface area contributed by atoms with Crippen LogP contribution in [0.25, 0.3) is 0 Å². The lowest BCUT2D eigenvalue weighted by Gasteiger charge is -2.57. The molecule has 4 bridgehead atoms. The fourth-order valence-electron chi connectivity index (χ4n) is 6.99. The van der Waals surface area contributed by atoms with Gasteiger partial charge in [0, 0.05) is 44.3 Å². The van der Waals surface area contributed by atoms with Crippen molar-refractivity contribution in [2.75, 3.05) is 36.4 Å². The zero-order valence-electron chi connectivity index (χ0n) is 17.9. The molecule has 3 heterocycles. The highest BCUT2D eigenvalue weighted by molar-refractivity contribution is 5.83. The summed E-state index contributed by atoms with van der Waals surface area (Å²) < 4.78 is 0. The van der Waals surface area contributed by atoms with E-state index in [1.165, 1.54) is 19.3 Å². The Kier molecular flexibility index (Phi) is 4.58. The summed E-state index contributed by atoms with van der Waals surface area (Å²) >= 11 is 0. The highest BCUT2D eigenvalue weighted by Crippen LogP contribution is 2.60. The summed E-state index contributed by atoms with van der Waals surface area (Å²) in [5, 5.41) is 12.0. The van der Waals surface area contributed by atoms with Crippen LogP contribution in [-0.4, -0.2) is 52.2 Å². The summed E-state index contributed by atoms with van der Waals surface area (Å²) in [6.07, 6.45) is 11.1. The van der Waals surface area contributed by atoms with Crippen molar-refractivity contribution in [3.05, 3.63) is 36.7 Å². The molecule has 0 unspecified atom stereocenters. The Balaban J connectivity index is 1.07. The predicted octanol–water partition coefficient (Wildman–Crippen LogP) is 3.48. The van der Waals surface area contributed by atoms with Gasteiger partial charge < -0.3 is 15.1 Å². The van der Waals surface area contributed by atoms with E-state index in [2.05, 4.69) is 30.3 Å². The van der Waals surface area contributed by atoms with Gasteiger partial charge in [-0.15, -0.1) is 10.2 Å². The van der Waals surface area contributed by atoms with Crippen molar-refractivity contribution in [1.29, 1.82) is 0 Å². The lowest BCUT2D eigenvalue weighted by molar-refractivity contribution is -0.158. The molecule has 4 saturated carbocycles. The molecule has 1 saturated heterocycles. The molecule has 2 aromatic heterocycles.